The van der Waals surface area contributed by atoms with E-state index >= 15 is 0 Å². The monoisotopic (exact) mass is 287 g/mol. The van der Waals surface area contributed by atoms with Gasteiger partial charge in [0.15, 0.2) is 0 Å². The molecule has 4 heteroatoms. The summed E-state index contributed by atoms with van der Waals surface area (Å²) in [5.74, 6) is 0.753. The number of carbonyl (C=O) groups excluding carboxylic acids is 1. The zero-order valence-corrected chi connectivity index (χ0v) is 11.6. The molecule has 0 radical (unpaired) electrons. The molecule has 1 aliphatic rings. The first kappa shape index (κ1) is 13.0. The minimum absolute atomic E-state index is 0.0110. The average Bonchev–Trinajstić information content (AvgIpc) is 2.48. The van der Waals surface area contributed by atoms with Crippen LogP contribution in [0.4, 0.5) is 0 Å². The number of carbonyl (C=O) groups is 1. The van der Waals surface area contributed by atoms with Gasteiger partial charge in [-0.2, -0.15) is 0 Å². The van der Waals surface area contributed by atoms with E-state index in [0.717, 1.165) is 17.7 Å². The van der Waals surface area contributed by atoms with E-state index in [-0.39, 0.29) is 11.9 Å². The highest BCUT2D eigenvalue weighted by molar-refractivity contribution is 6.30. The van der Waals surface area contributed by atoms with E-state index in [1.54, 1.807) is 24.3 Å². The topological polar surface area (TPSA) is 38.3 Å². The molecule has 1 aliphatic heterocycles. The lowest BCUT2D eigenvalue weighted by Crippen LogP contribution is -2.32. The van der Waals surface area contributed by atoms with Crippen LogP contribution in [0, 0.1) is 0 Å². The molecule has 102 valence electrons. The molecule has 0 aliphatic carbocycles. The first-order chi connectivity index (χ1) is 9.74. The van der Waals surface area contributed by atoms with Crippen LogP contribution in [0.25, 0.3) is 0 Å². The van der Waals surface area contributed by atoms with Crippen LogP contribution in [-0.4, -0.2) is 12.5 Å². The molecular weight excluding hydrogens is 274 g/mol. The number of para-hydroxylation sites is 1. The van der Waals surface area contributed by atoms with Gasteiger partial charge in [-0.15, -0.1) is 0 Å². The second kappa shape index (κ2) is 5.55. The summed E-state index contributed by atoms with van der Waals surface area (Å²) >= 11 is 5.83. The van der Waals surface area contributed by atoms with Crippen molar-refractivity contribution in [3.63, 3.8) is 0 Å². The molecule has 0 spiro atoms. The molecule has 0 unspecified atom stereocenters. The van der Waals surface area contributed by atoms with Crippen molar-refractivity contribution >= 4 is 17.5 Å². The molecule has 1 atom stereocenters. The molecule has 0 aromatic heterocycles. The number of amides is 1. The van der Waals surface area contributed by atoms with Crippen molar-refractivity contribution < 1.29 is 9.53 Å². The van der Waals surface area contributed by atoms with Gasteiger partial charge in [-0.05, 0) is 30.3 Å². The number of ether oxygens (including phenoxy) is 1. The first-order valence-corrected chi connectivity index (χ1v) is 6.90. The maximum atomic E-state index is 12.2. The molecule has 0 fully saturated rings. The van der Waals surface area contributed by atoms with Gasteiger partial charge in [-0.25, -0.2) is 0 Å². The van der Waals surface area contributed by atoms with E-state index in [2.05, 4.69) is 5.32 Å². The minimum atomic E-state index is -0.0941. The fourth-order valence-corrected chi connectivity index (χ4v) is 2.46. The molecule has 0 saturated carbocycles. The Hall–Kier alpha value is -2.00. The Kier molecular flexibility index (Phi) is 3.61. The SMILES string of the molecule is O=C(N[C@H]1CCOc2ccccc21)c1ccc(Cl)cc1. The number of hydrogen-bond acceptors (Lipinski definition) is 2. The third-order valence-corrected chi connectivity index (χ3v) is 3.62. The van der Waals surface area contributed by atoms with Crippen LogP contribution >= 0.6 is 11.6 Å². The van der Waals surface area contributed by atoms with Gasteiger partial charge in [-0.3, -0.25) is 4.79 Å². The molecule has 1 amide bonds. The molecule has 2 aromatic carbocycles. The van der Waals surface area contributed by atoms with Crippen molar-refractivity contribution in [1.29, 1.82) is 0 Å². The first-order valence-electron chi connectivity index (χ1n) is 6.52. The van der Waals surface area contributed by atoms with Crippen LogP contribution in [0.5, 0.6) is 5.75 Å². The normalized spacial score (nSPS) is 16.9. The Balaban J connectivity index is 1.79. The predicted octanol–water partition coefficient (Wildman–Crippen LogP) is 3.59. The second-order valence-corrected chi connectivity index (χ2v) is 5.14. The van der Waals surface area contributed by atoms with Gasteiger partial charge >= 0.3 is 0 Å². The van der Waals surface area contributed by atoms with Crippen molar-refractivity contribution in [2.75, 3.05) is 6.61 Å². The number of benzene rings is 2. The summed E-state index contributed by atoms with van der Waals surface area (Å²) in [6, 6.07) is 14.7. The summed E-state index contributed by atoms with van der Waals surface area (Å²) in [5, 5.41) is 3.67. The molecule has 2 aromatic rings. The summed E-state index contributed by atoms with van der Waals surface area (Å²) in [5.41, 5.74) is 1.64. The Labute approximate surface area is 122 Å². The molecule has 1 N–H and O–H groups in total. The molecule has 3 rings (SSSR count). The molecule has 0 bridgehead atoms. The highest BCUT2D eigenvalue weighted by Gasteiger charge is 2.22. The summed E-state index contributed by atoms with van der Waals surface area (Å²) < 4.78 is 5.59. The van der Waals surface area contributed by atoms with Gasteiger partial charge in [0.25, 0.3) is 5.91 Å². The number of fused-ring (bicyclic) bond motifs is 1. The summed E-state index contributed by atoms with van der Waals surface area (Å²) in [6.07, 6.45) is 0.774. The molecule has 1 heterocycles. The van der Waals surface area contributed by atoms with E-state index in [0.29, 0.717) is 17.2 Å². The van der Waals surface area contributed by atoms with Gasteiger partial charge in [0.05, 0.1) is 12.6 Å². The molecule has 20 heavy (non-hydrogen) atoms. The number of rotatable bonds is 2. The molecular formula is C16H14ClNO2. The van der Waals surface area contributed by atoms with E-state index in [1.165, 1.54) is 0 Å². The maximum Gasteiger partial charge on any atom is 0.251 e. The van der Waals surface area contributed by atoms with Crippen LogP contribution < -0.4 is 10.1 Å². The number of hydrogen-bond donors (Lipinski definition) is 1. The predicted molar refractivity (Wildman–Crippen MR) is 78.2 cm³/mol. The standard InChI is InChI=1S/C16H14ClNO2/c17-12-7-5-11(6-8-12)16(19)18-14-9-10-20-15-4-2-1-3-13(14)15/h1-8,14H,9-10H2,(H,18,19)/t14-/m0/s1. The van der Waals surface area contributed by atoms with Crippen molar-refractivity contribution in [2.45, 2.75) is 12.5 Å². The Morgan fingerprint density at radius 1 is 1.15 bits per heavy atom. The Morgan fingerprint density at radius 3 is 2.70 bits per heavy atom. The maximum absolute atomic E-state index is 12.2. The van der Waals surface area contributed by atoms with Gasteiger partial charge in [0.1, 0.15) is 5.75 Å². The van der Waals surface area contributed by atoms with E-state index in [9.17, 15) is 4.79 Å². The molecule has 0 saturated heterocycles. The fraction of sp³-hybridized carbons (Fsp3) is 0.188. The zero-order chi connectivity index (χ0) is 13.9. The number of halogens is 1. The van der Waals surface area contributed by atoms with Gasteiger partial charge in [-0.1, -0.05) is 29.8 Å². The minimum Gasteiger partial charge on any atom is -0.493 e. The number of nitrogens with one attached hydrogen (secondary N) is 1. The van der Waals surface area contributed by atoms with Crippen LogP contribution in [0.2, 0.25) is 5.02 Å². The fourth-order valence-electron chi connectivity index (χ4n) is 2.33. The third kappa shape index (κ3) is 2.63. The van der Waals surface area contributed by atoms with Crippen LogP contribution in [0.15, 0.2) is 48.5 Å². The van der Waals surface area contributed by atoms with Crippen LogP contribution in [-0.2, 0) is 0 Å². The van der Waals surface area contributed by atoms with Crippen molar-refractivity contribution in [2.24, 2.45) is 0 Å². The Morgan fingerprint density at radius 2 is 1.90 bits per heavy atom. The zero-order valence-electron chi connectivity index (χ0n) is 10.8. The smallest absolute Gasteiger partial charge is 0.251 e. The van der Waals surface area contributed by atoms with Crippen molar-refractivity contribution in [3.05, 3.63) is 64.7 Å². The summed E-state index contributed by atoms with van der Waals surface area (Å²) in [7, 11) is 0. The van der Waals surface area contributed by atoms with Crippen molar-refractivity contribution in [1.82, 2.24) is 5.32 Å². The quantitative estimate of drug-likeness (QED) is 0.916. The third-order valence-electron chi connectivity index (χ3n) is 3.37. The highest BCUT2D eigenvalue weighted by atomic mass is 35.5. The van der Waals surface area contributed by atoms with E-state index < -0.39 is 0 Å². The van der Waals surface area contributed by atoms with Crippen LogP contribution in [0.1, 0.15) is 28.4 Å². The largest absolute Gasteiger partial charge is 0.493 e. The summed E-state index contributed by atoms with van der Waals surface area (Å²) in [4.78, 5) is 12.2. The lowest BCUT2D eigenvalue weighted by atomic mass is 10.00. The average molecular weight is 288 g/mol. The van der Waals surface area contributed by atoms with Crippen molar-refractivity contribution in [3.8, 4) is 5.75 Å². The van der Waals surface area contributed by atoms with Gasteiger partial charge < -0.3 is 10.1 Å². The lowest BCUT2D eigenvalue weighted by Gasteiger charge is -2.26. The second-order valence-electron chi connectivity index (χ2n) is 4.71. The molecule has 3 nitrogen and oxygen atoms in total. The Bertz CT molecular complexity index is 625. The highest BCUT2D eigenvalue weighted by Crippen LogP contribution is 2.31. The van der Waals surface area contributed by atoms with E-state index in [1.807, 2.05) is 24.3 Å². The van der Waals surface area contributed by atoms with E-state index in [4.69, 9.17) is 16.3 Å². The van der Waals surface area contributed by atoms with Gasteiger partial charge in [0.2, 0.25) is 0 Å². The lowest BCUT2D eigenvalue weighted by molar-refractivity contribution is 0.0925. The van der Waals surface area contributed by atoms with Crippen LogP contribution in [0.3, 0.4) is 0 Å². The summed E-state index contributed by atoms with van der Waals surface area (Å²) in [6.45, 7) is 0.614. The van der Waals surface area contributed by atoms with Gasteiger partial charge in [0, 0.05) is 22.6 Å².